The lowest BCUT2D eigenvalue weighted by atomic mass is 10.00. The van der Waals surface area contributed by atoms with Gasteiger partial charge in [-0.2, -0.15) is 5.10 Å². The minimum Gasteiger partial charge on any atom is -0.493 e. The molecule has 0 bridgehead atoms. The summed E-state index contributed by atoms with van der Waals surface area (Å²) in [4.78, 5) is 0. The first-order chi connectivity index (χ1) is 8.26. The summed E-state index contributed by atoms with van der Waals surface area (Å²) in [6.45, 7) is 2.17. The summed E-state index contributed by atoms with van der Waals surface area (Å²) in [5.41, 5.74) is 4.73. The third-order valence-corrected chi connectivity index (χ3v) is 3.43. The van der Waals surface area contributed by atoms with Crippen molar-refractivity contribution in [2.24, 2.45) is 0 Å². The third kappa shape index (κ3) is 1.27. The highest BCUT2D eigenvalue weighted by molar-refractivity contribution is 5.78. The van der Waals surface area contributed by atoms with Gasteiger partial charge in [0.25, 0.3) is 0 Å². The van der Waals surface area contributed by atoms with Crippen LogP contribution in [0.4, 0.5) is 0 Å². The van der Waals surface area contributed by atoms with E-state index < -0.39 is 0 Å². The number of H-pyrrole nitrogens is 1. The lowest BCUT2D eigenvalue weighted by Gasteiger charge is -2.12. The van der Waals surface area contributed by atoms with Gasteiger partial charge in [-0.1, -0.05) is 6.92 Å². The molecule has 2 aromatic rings. The largest absolute Gasteiger partial charge is 0.493 e. The van der Waals surface area contributed by atoms with Gasteiger partial charge in [0.2, 0.25) is 0 Å². The highest BCUT2D eigenvalue weighted by Crippen LogP contribution is 2.47. The molecule has 0 radical (unpaired) electrons. The summed E-state index contributed by atoms with van der Waals surface area (Å²) in [7, 11) is 3.31. The molecule has 4 nitrogen and oxygen atoms in total. The van der Waals surface area contributed by atoms with Gasteiger partial charge in [-0.15, -0.1) is 0 Å². The highest BCUT2D eigenvalue weighted by Gasteiger charge is 2.29. The molecule has 1 N–H and O–H groups in total. The molecule has 1 atom stereocenters. The van der Waals surface area contributed by atoms with Crippen LogP contribution in [0, 0.1) is 0 Å². The molecule has 0 spiro atoms. The van der Waals surface area contributed by atoms with E-state index in [9.17, 15) is 0 Å². The number of hydrogen-bond donors (Lipinski definition) is 1. The molecule has 1 aliphatic carbocycles. The molecule has 0 aliphatic heterocycles. The van der Waals surface area contributed by atoms with Gasteiger partial charge in [0.15, 0.2) is 11.5 Å². The van der Waals surface area contributed by atoms with Gasteiger partial charge in [-0.3, -0.25) is 5.10 Å². The van der Waals surface area contributed by atoms with Crippen LogP contribution in [0.5, 0.6) is 11.5 Å². The molecule has 88 valence electrons. The Morgan fingerprint density at radius 3 is 2.53 bits per heavy atom. The average Bonchev–Trinajstić information content (AvgIpc) is 2.92. The second-order valence-electron chi connectivity index (χ2n) is 4.22. The van der Waals surface area contributed by atoms with E-state index in [-0.39, 0.29) is 0 Å². The van der Waals surface area contributed by atoms with Crippen molar-refractivity contribution in [3.63, 3.8) is 0 Å². The number of nitrogens with one attached hydrogen (secondary N) is 1. The zero-order valence-electron chi connectivity index (χ0n) is 10.1. The van der Waals surface area contributed by atoms with Crippen molar-refractivity contribution in [3.8, 4) is 22.8 Å². The fraction of sp³-hybridized carbons (Fsp3) is 0.308. The summed E-state index contributed by atoms with van der Waals surface area (Å²) in [6, 6.07) is 4.06. The maximum atomic E-state index is 5.33. The number of fused-ring (bicyclic) bond motifs is 3. The van der Waals surface area contributed by atoms with E-state index in [4.69, 9.17) is 9.47 Å². The van der Waals surface area contributed by atoms with Crippen molar-refractivity contribution in [1.29, 1.82) is 0 Å². The topological polar surface area (TPSA) is 47.1 Å². The Hall–Kier alpha value is -1.97. The smallest absolute Gasteiger partial charge is 0.161 e. The van der Waals surface area contributed by atoms with E-state index in [2.05, 4.69) is 17.1 Å². The number of hydrogen-bond acceptors (Lipinski definition) is 3. The monoisotopic (exact) mass is 230 g/mol. The molecular formula is C13H14N2O2. The van der Waals surface area contributed by atoms with Crippen LogP contribution < -0.4 is 9.47 Å². The van der Waals surface area contributed by atoms with E-state index in [1.165, 1.54) is 11.1 Å². The summed E-state index contributed by atoms with van der Waals surface area (Å²) < 4.78 is 10.7. The van der Waals surface area contributed by atoms with Crippen molar-refractivity contribution in [2.45, 2.75) is 12.8 Å². The molecule has 0 saturated heterocycles. The Bertz CT molecular complexity index is 575. The van der Waals surface area contributed by atoms with Gasteiger partial charge < -0.3 is 9.47 Å². The van der Waals surface area contributed by atoms with Crippen molar-refractivity contribution < 1.29 is 9.47 Å². The van der Waals surface area contributed by atoms with Gasteiger partial charge >= 0.3 is 0 Å². The summed E-state index contributed by atoms with van der Waals surface area (Å²) in [6.07, 6.45) is 1.89. The molecule has 4 heteroatoms. The van der Waals surface area contributed by atoms with Crippen molar-refractivity contribution >= 4 is 0 Å². The Labute approximate surface area is 99.6 Å². The lowest BCUT2D eigenvalue weighted by Crippen LogP contribution is -1.95. The number of ether oxygens (including phenoxy) is 2. The van der Waals surface area contributed by atoms with Crippen LogP contribution in [-0.4, -0.2) is 24.4 Å². The summed E-state index contributed by atoms with van der Waals surface area (Å²) in [5.74, 6) is 1.87. The van der Waals surface area contributed by atoms with Crippen molar-refractivity contribution in [1.82, 2.24) is 10.2 Å². The van der Waals surface area contributed by atoms with E-state index >= 15 is 0 Å². The standard InChI is InChI=1S/C13H14N2O2/c1-7-8-4-11(16-2)12(17-3)5-9(8)13-10(7)6-14-15-13/h4-7H,1-3H3,(H,14,15). The van der Waals surface area contributed by atoms with E-state index in [0.717, 1.165) is 22.8 Å². The molecule has 1 aromatic heterocycles. The molecule has 1 heterocycles. The molecule has 1 aromatic carbocycles. The molecule has 0 fully saturated rings. The Kier molecular flexibility index (Phi) is 2.11. The predicted molar refractivity (Wildman–Crippen MR) is 64.6 cm³/mol. The Balaban J connectivity index is 2.25. The lowest BCUT2D eigenvalue weighted by molar-refractivity contribution is 0.354. The summed E-state index contributed by atoms with van der Waals surface area (Å²) >= 11 is 0. The van der Waals surface area contributed by atoms with Crippen LogP contribution >= 0.6 is 0 Å². The maximum Gasteiger partial charge on any atom is 0.161 e. The molecule has 1 unspecified atom stereocenters. The van der Waals surface area contributed by atoms with Crippen LogP contribution in [0.3, 0.4) is 0 Å². The van der Waals surface area contributed by atoms with E-state index in [0.29, 0.717) is 5.92 Å². The fourth-order valence-electron chi connectivity index (χ4n) is 2.48. The number of aromatic amines is 1. The van der Waals surface area contributed by atoms with Crippen molar-refractivity contribution in [3.05, 3.63) is 29.5 Å². The Morgan fingerprint density at radius 1 is 1.12 bits per heavy atom. The van der Waals surface area contributed by atoms with E-state index in [1.807, 2.05) is 18.3 Å². The molecule has 0 amide bonds. The molecule has 1 aliphatic rings. The van der Waals surface area contributed by atoms with Gasteiger partial charge in [0.05, 0.1) is 26.1 Å². The average molecular weight is 230 g/mol. The van der Waals surface area contributed by atoms with Gasteiger partial charge in [0, 0.05) is 17.0 Å². The molecule has 3 rings (SSSR count). The molecular weight excluding hydrogens is 216 g/mol. The number of benzene rings is 1. The van der Waals surface area contributed by atoms with Gasteiger partial charge in [-0.05, 0) is 17.7 Å². The van der Waals surface area contributed by atoms with E-state index in [1.54, 1.807) is 14.2 Å². The maximum absolute atomic E-state index is 5.33. The second-order valence-corrected chi connectivity index (χ2v) is 4.22. The first kappa shape index (κ1) is 10.2. The van der Waals surface area contributed by atoms with Gasteiger partial charge in [-0.25, -0.2) is 0 Å². The van der Waals surface area contributed by atoms with Gasteiger partial charge in [0.1, 0.15) is 0 Å². The SMILES string of the molecule is COc1cc2c(cc1OC)C(C)c1cn[nH]c1-2. The fourth-order valence-corrected chi connectivity index (χ4v) is 2.48. The Morgan fingerprint density at radius 2 is 1.82 bits per heavy atom. The minimum absolute atomic E-state index is 0.346. The second kappa shape index (κ2) is 3.52. The van der Waals surface area contributed by atoms with Crippen LogP contribution in [0.15, 0.2) is 18.3 Å². The molecule has 17 heavy (non-hydrogen) atoms. The van der Waals surface area contributed by atoms with Crippen LogP contribution in [0.1, 0.15) is 24.0 Å². The molecule has 0 saturated carbocycles. The zero-order chi connectivity index (χ0) is 12.0. The zero-order valence-corrected chi connectivity index (χ0v) is 10.1. The predicted octanol–water partition coefficient (Wildman–Crippen LogP) is 2.56. The van der Waals surface area contributed by atoms with Crippen LogP contribution in [0.2, 0.25) is 0 Å². The third-order valence-electron chi connectivity index (χ3n) is 3.43. The number of rotatable bonds is 2. The van der Waals surface area contributed by atoms with Crippen LogP contribution in [-0.2, 0) is 0 Å². The quantitative estimate of drug-likeness (QED) is 0.862. The highest BCUT2D eigenvalue weighted by atomic mass is 16.5. The number of nitrogens with zero attached hydrogens (tertiary/aromatic N) is 1. The first-order valence-corrected chi connectivity index (χ1v) is 5.55. The van der Waals surface area contributed by atoms with Crippen LogP contribution in [0.25, 0.3) is 11.3 Å². The number of methoxy groups -OCH3 is 2. The van der Waals surface area contributed by atoms with Crippen molar-refractivity contribution in [2.75, 3.05) is 14.2 Å². The first-order valence-electron chi connectivity index (χ1n) is 5.55. The number of aromatic nitrogens is 2. The summed E-state index contributed by atoms with van der Waals surface area (Å²) in [5, 5.41) is 7.14. The minimum atomic E-state index is 0.346. The normalized spacial score (nSPS) is 16.5.